The molecular formula is C21H28N4O. The molecule has 1 aromatic carbocycles. The number of nitrogens with zero attached hydrogens (tertiary/aromatic N) is 3. The van der Waals surface area contributed by atoms with Crippen molar-refractivity contribution in [2.45, 2.75) is 46.0 Å². The maximum atomic E-state index is 12.6. The molecule has 5 heteroatoms. The van der Waals surface area contributed by atoms with Gasteiger partial charge in [-0.2, -0.15) is 0 Å². The molecule has 0 spiro atoms. The van der Waals surface area contributed by atoms with E-state index in [4.69, 9.17) is 0 Å². The molecular weight excluding hydrogens is 324 g/mol. The fraction of sp³-hybridized carbons (Fsp3) is 0.476. The summed E-state index contributed by atoms with van der Waals surface area (Å²) < 4.78 is 0. The SMILES string of the molecule is CC1CCCN(C(=O)c2cnc(Nc3ccccc3C(C)(C)C)cn2)C1. The van der Waals surface area contributed by atoms with Crippen molar-refractivity contribution in [1.29, 1.82) is 0 Å². The van der Waals surface area contributed by atoms with E-state index < -0.39 is 0 Å². The first-order valence-electron chi connectivity index (χ1n) is 9.32. The molecule has 3 rings (SSSR count). The van der Waals surface area contributed by atoms with Crippen molar-refractivity contribution >= 4 is 17.4 Å². The Kier molecular flexibility index (Phi) is 5.25. The quantitative estimate of drug-likeness (QED) is 0.890. The second kappa shape index (κ2) is 7.44. The lowest BCUT2D eigenvalue weighted by molar-refractivity contribution is 0.0676. The Morgan fingerprint density at radius 2 is 1.96 bits per heavy atom. The highest BCUT2D eigenvalue weighted by Crippen LogP contribution is 2.30. The second-order valence-electron chi connectivity index (χ2n) is 8.21. The Morgan fingerprint density at radius 1 is 1.19 bits per heavy atom. The lowest BCUT2D eigenvalue weighted by Gasteiger charge is -2.30. The first-order chi connectivity index (χ1) is 12.3. The number of amides is 1. The molecule has 1 amide bonds. The van der Waals surface area contributed by atoms with Gasteiger partial charge in [0.25, 0.3) is 5.91 Å². The van der Waals surface area contributed by atoms with Crippen LogP contribution in [0.25, 0.3) is 0 Å². The van der Waals surface area contributed by atoms with Crippen LogP contribution in [-0.4, -0.2) is 33.9 Å². The third-order valence-corrected chi connectivity index (χ3v) is 4.81. The molecule has 0 aliphatic carbocycles. The molecule has 0 saturated carbocycles. The number of rotatable bonds is 3. The normalized spacial score (nSPS) is 17.8. The first kappa shape index (κ1) is 18.4. The third-order valence-electron chi connectivity index (χ3n) is 4.81. The number of para-hydroxylation sites is 1. The first-order valence-corrected chi connectivity index (χ1v) is 9.32. The van der Waals surface area contributed by atoms with Crippen LogP contribution in [0.2, 0.25) is 0 Å². The van der Waals surface area contributed by atoms with Gasteiger partial charge in [-0.05, 0) is 35.8 Å². The molecule has 1 aromatic heterocycles. The topological polar surface area (TPSA) is 58.1 Å². The number of hydrogen-bond donors (Lipinski definition) is 1. The van der Waals surface area contributed by atoms with Crippen LogP contribution in [0.15, 0.2) is 36.7 Å². The van der Waals surface area contributed by atoms with E-state index in [0.717, 1.165) is 25.2 Å². The predicted octanol–water partition coefficient (Wildman–Crippen LogP) is 4.39. The van der Waals surface area contributed by atoms with Crippen molar-refractivity contribution in [2.75, 3.05) is 18.4 Å². The van der Waals surface area contributed by atoms with Crippen molar-refractivity contribution < 1.29 is 4.79 Å². The molecule has 1 atom stereocenters. The van der Waals surface area contributed by atoms with Gasteiger partial charge in [0.1, 0.15) is 11.5 Å². The van der Waals surface area contributed by atoms with E-state index in [1.165, 1.54) is 12.0 Å². The van der Waals surface area contributed by atoms with Gasteiger partial charge in [-0.3, -0.25) is 4.79 Å². The van der Waals surface area contributed by atoms with Gasteiger partial charge in [-0.1, -0.05) is 45.9 Å². The van der Waals surface area contributed by atoms with Crippen LogP contribution in [-0.2, 0) is 5.41 Å². The van der Waals surface area contributed by atoms with Crippen LogP contribution in [0.5, 0.6) is 0 Å². The number of nitrogens with one attached hydrogen (secondary N) is 1. The summed E-state index contributed by atoms with van der Waals surface area (Å²) >= 11 is 0. The maximum absolute atomic E-state index is 12.6. The van der Waals surface area contributed by atoms with Crippen molar-refractivity contribution in [1.82, 2.24) is 14.9 Å². The van der Waals surface area contributed by atoms with E-state index in [0.29, 0.717) is 17.4 Å². The number of benzene rings is 1. The van der Waals surface area contributed by atoms with E-state index in [2.05, 4.69) is 49.0 Å². The average molecular weight is 352 g/mol. The summed E-state index contributed by atoms with van der Waals surface area (Å²) in [5, 5.41) is 3.33. The fourth-order valence-corrected chi connectivity index (χ4v) is 3.42. The van der Waals surface area contributed by atoms with Gasteiger partial charge in [0.15, 0.2) is 0 Å². The van der Waals surface area contributed by atoms with Gasteiger partial charge >= 0.3 is 0 Å². The molecule has 26 heavy (non-hydrogen) atoms. The van der Waals surface area contributed by atoms with Crippen molar-refractivity contribution in [3.8, 4) is 0 Å². The average Bonchev–Trinajstić information content (AvgIpc) is 2.61. The Morgan fingerprint density at radius 3 is 2.62 bits per heavy atom. The van der Waals surface area contributed by atoms with Crippen LogP contribution in [0.4, 0.5) is 11.5 Å². The summed E-state index contributed by atoms with van der Waals surface area (Å²) in [5.41, 5.74) is 2.66. The Hall–Kier alpha value is -2.43. The van der Waals surface area contributed by atoms with E-state index >= 15 is 0 Å². The molecule has 5 nitrogen and oxygen atoms in total. The molecule has 0 bridgehead atoms. The maximum Gasteiger partial charge on any atom is 0.274 e. The summed E-state index contributed by atoms with van der Waals surface area (Å²) in [6.45, 7) is 10.3. The molecule has 1 fully saturated rings. The highest BCUT2D eigenvalue weighted by molar-refractivity contribution is 5.92. The van der Waals surface area contributed by atoms with Crippen molar-refractivity contribution in [3.05, 3.63) is 47.9 Å². The van der Waals surface area contributed by atoms with Crippen LogP contribution < -0.4 is 5.32 Å². The second-order valence-corrected chi connectivity index (χ2v) is 8.21. The Bertz CT molecular complexity index is 764. The molecule has 1 N–H and O–H groups in total. The highest BCUT2D eigenvalue weighted by atomic mass is 16.2. The summed E-state index contributed by atoms with van der Waals surface area (Å²) in [5.74, 6) is 1.17. The van der Waals surface area contributed by atoms with Crippen LogP contribution in [0, 0.1) is 5.92 Å². The van der Waals surface area contributed by atoms with Gasteiger partial charge in [-0.25, -0.2) is 9.97 Å². The number of likely N-dealkylation sites (tertiary alicyclic amines) is 1. The summed E-state index contributed by atoms with van der Waals surface area (Å²) in [6.07, 6.45) is 5.46. The van der Waals surface area contributed by atoms with Crippen LogP contribution >= 0.6 is 0 Å². The van der Waals surface area contributed by atoms with Crippen molar-refractivity contribution in [2.24, 2.45) is 5.92 Å². The molecule has 2 aromatic rings. The number of carbonyl (C=O) groups is 1. The third kappa shape index (κ3) is 4.21. The summed E-state index contributed by atoms with van der Waals surface area (Å²) in [6, 6.07) is 8.20. The number of aromatic nitrogens is 2. The van der Waals surface area contributed by atoms with Gasteiger partial charge in [0.05, 0.1) is 12.4 Å². The zero-order valence-electron chi connectivity index (χ0n) is 16.1. The molecule has 1 unspecified atom stereocenters. The van der Waals surface area contributed by atoms with Gasteiger partial charge in [-0.15, -0.1) is 0 Å². The number of piperidine rings is 1. The number of anilines is 2. The lowest BCUT2D eigenvalue weighted by atomic mass is 9.86. The number of carbonyl (C=O) groups excluding carboxylic acids is 1. The molecule has 138 valence electrons. The molecule has 1 saturated heterocycles. The zero-order chi connectivity index (χ0) is 18.7. The number of hydrogen-bond acceptors (Lipinski definition) is 4. The largest absolute Gasteiger partial charge is 0.339 e. The highest BCUT2D eigenvalue weighted by Gasteiger charge is 2.23. The summed E-state index contributed by atoms with van der Waals surface area (Å²) in [7, 11) is 0. The van der Waals surface area contributed by atoms with E-state index in [1.54, 1.807) is 12.4 Å². The fourth-order valence-electron chi connectivity index (χ4n) is 3.42. The zero-order valence-corrected chi connectivity index (χ0v) is 16.1. The van der Waals surface area contributed by atoms with Crippen molar-refractivity contribution in [3.63, 3.8) is 0 Å². The monoisotopic (exact) mass is 352 g/mol. The molecule has 1 aliphatic rings. The van der Waals surface area contributed by atoms with Gasteiger partial charge < -0.3 is 10.2 Å². The minimum Gasteiger partial charge on any atom is -0.339 e. The Balaban J connectivity index is 1.74. The van der Waals surface area contributed by atoms with E-state index in [9.17, 15) is 4.79 Å². The summed E-state index contributed by atoms with van der Waals surface area (Å²) in [4.78, 5) is 23.3. The minimum atomic E-state index is -0.0225. The molecule has 2 heterocycles. The lowest BCUT2D eigenvalue weighted by Crippen LogP contribution is -2.39. The standard InChI is InChI=1S/C21H28N4O/c1-15-8-7-11-25(14-15)20(26)18-12-23-19(13-22-18)24-17-10-6-5-9-16(17)21(2,3)4/h5-6,9-10,12-13,15H,7-8,11,14H2,1-4H3,(H,23,24). The van der Waals surface area contributed by atoms with Crippen LogP contribution in [0.3, 0.4) is 0 Å². The van der Waals surface area contributed by atoms with E-state index in [-0.39, 0.29) is 11.3 Å². The smallest absolute Gasteiger partial charge is 0.274 e. The molecule has 1 aliphatic heterocycles. The van der Waals surface area contributed by atoms with Crippen LogP contribution in [0.1, 0.15) is 56.6 Å². The predicted molar refractivity (Wildman–Crippen MR) is 105 cm³/mol. The molecule has 0 radical (unpaired) electrons. The Labute approximate surface area is 155 Å². The van der Waals surface area contributed by atoms with E-state index in [1.807, 2.05) is 23.1 Å². The minimum absolute atomic E-state index is 0.0225. The van der Waals surface area contributed by atoms with Gasteiger partial charge in [0.2, 0.25) is 0 Å². The van der Waals surface area contributed by atoms with Gasteiger partial charge in [0, 0.05) is 18.8 Å².